The van der Waals surface area contributed by atoms with Crippen molar-refractivity contribution in [2.45, 2.75) is 44.9 Å². The lowest BCUT2D eigenvalue weighted by atomic mass is 9.82. The SMILES string of the molecule is CC1(C)CC(C)(C)c2cc(C(/C=C/c3ccc(C(=O)O)cc3F)=NO)ccc21. The molecule has 2 aromatic carbocycles. The van der Waals surface area contributed by atoms with Crippen LogP contribution >= 0.6 is 0 Å². The summed E-state index contributed by atoms with van der Waals surface area (Å²) in [7, 11) is 0. The summed E-state index contributed by atoms with van der Waals surface area (Å²) in [6.45, 7) is 8.86. The van der Waals surface area contributed by atoms with Crippen molar-refractivity contribution in [3.8, 4) is 0 Å². The van der Waals surface area contributed by atoms with Gasteiger partial charge in [-0.2, -0.15) is 0 Å². The monoisotopic (exact) mass is 381 g/mol. The molecule has 0 fully saturated rings. The van der Waals surface area contributed by atoms with Crippen molar-refractivity contribution in [3.05, 3.63) is 76.1 Å². The lowest BCUT2D eigenvalue weighted by molar-refractivity contribution is 0.0696. The van der Waals surface area contributed by atoms with Crippen LogP contribution < -0.4 is 0 Å². The minimum atomic E-state index is -1.18. The van der Waals surface area contributed by atoms with Crippen LogP contribution in [0.3, 0.4) is 0 Å². The fraction of sp³-hybridized carbons (Fsp3) is 0.304. The van der Waals surface area contributed by atoms with Gasteiger partial charge >= 0.3 is 5.97 Å². The van der Waals surface area contributed by atoms with E-state index >= 15 is 0 Å². The van der Waals surface area contributed by atoms with Gasteiger partial charge in [-0.3, -0.25) is 0 Å². The standard InChI is InChI=1S/C23H24FNO3/c1-22(2)13-23(3,4)18-11-15(7-9-17(18)22)20(25-28)10-8-14-5-6-16(21(26)27)12-19(14)24/h5-12,28H,13H2,1-4H3,(H,26,27)/b10-8+,25-20?. The number of fused-ring (bicyclic) bond motifs is 1. The molecule has 3 rings (SSSR count). The number of hydrogen-bond acceptors (Lipinski definition) is 3. The molecule has 4 nitrogen and oxygen atoms in total. The van der Waals surface area contributed by atoms with Crippen molar-refractivity contribution in [1.29, 1.82) is 0 Å². The molecule has 5 heteroatoms. The van der Waals surface area contributed by atoms with E-state index in [2.05, 4.69) is 38.9 Å². The van der Waals surface area contributed by atoms with Gasteiger partial charge in [-0.15, -0.1) is 0 Å². The first-order valence-corrected chi connectivity index (χ1v) is 9.13. The normalized spacial score (nSPS) is 17.7. The zero-order valence-electron chi connectivity index (χ0n) is 16.5. The Hall–Kier alpha value is -2.95. The molecule has 0 radical (unpaired) electrons. The van der Waals surface area contributed by atoms with Crippen LogP contribution in [-0.2, 0) is 10.8 Å². The number of benzene rings is 2. The quantitative estimate of drug-likeness (QED) is 0.425. The molecule has 0 unspecified atom stereocenters. The molecule has 0 bridgehead atoms. The van der Waals surface area contributed by atoms with E-state index in [4.69, 9.17) is 5.11 Å². The number of allylic oxidation sites excluding steroid dienone is 1. The summed E-state index contributed by atoms with van der Waals surface area (Å²) >= 11 is 0. The van der Waals surface area contributed by atoms with Gasteiger partial charge in [-0.1, -0.05) is 51.0 Å². The zero-order chi connectivity index (χ0) is 20.7. The fourth-order valence-electron chi connectivity index (χ4n) is 4.30. The average Bonchev–Trinajstić information content (AvgIpc) is 2.80. The van der Waals surface area contributed by atoms with E-state index in [1.54, 1.807) is 0 Å². The molecule has 1 aliphatic carbocycles. The van der Waals surface area contributed by atoms with Crippen molar-refractivity contribution in [2.75, 3.05) is 0 Å². The molecule has 0 saturated heterocycles. The molecule has 2 N–H and O–H groups in total. The largest absolute Gasteiger partial charge is 0.478 e. The lowest BCUT2D eigenvalue weighted by Crippen LogP contribution is -2.18. The number of rotatable bonds is 4. The molecular weight excluding hydrogens is 357 g/mol. The van der Waals surface area contributed by atoms with Gasteiger partial charge in [0.05, 0.1) is 5.56 Å². The second-order valence-corrected chi connectivity index (χ2v) is 8.56. The van der Waals surface area contributed by atoms with E-state index in [1.165, 1.54) is 35.4 Å². The number of nitrogens with zero attached hydrogens (tertiary/aromatic N) is 1. The Morgan fingerprint density at radius 1 is 1.04 bits per heavy atom. The smallest absolute Gasteiger partial charge is 0.335 e. The van der Waals surface area contributed by atoms with Crippen molar-refractivity contribution >= 4 is 17.8 Å². The second-order valence-electron chi connectivity index (χ2n) is 8.56. The summed E-state index contributed by atoms with van der Waals surface area (Å²) in [6.07, 6.45) is 4.02. The summed E-state index contributed by atoms with van der Waals surface area (Å²) in [4.78, 5) is 10.9. The van der Waals surface area contributed by atoms with Crippen molar-refractivity contribution in [1.82, 2.24) is 0 Å². The van der Waals surface area contributed by atoms with Gasteiger partial charge in [-0.05, 0) is 58.7 Å². The van der Waals surface area contributed by atoms with E-state index in [9.17, 15) is 14.4 Å². The van der Waals surface area contributed by atoms with Crippen LogP contribution in [0.1, 0.15) is 66.7 Å². The summed E-state index contributed by atoms with van der Waals surface area (Å²) in [5.41, 5.74) is 3.76. The molecule has 0 spiro atoms. The van der Waals surface area contributed by atoms with Crippen LogP contribution in [0.2, 0.25) is 0 Å². The predicted octanol–water partition coefficient (Wildman–Crippen LogP) is 5.37. The number of hydrogen-bond donors (Lipinski definition) is 2. The zero-order valence-corrected chi connectivity index (χ0v) is 16.5. The third kappa shape index (κ3) is 3.57. The Morgan fingerprint density at radius 3 is 2.29 bits per heavy atom. The molecular formula is C23H24FNO3. The second kappa shape index (κ2) is 6.89. The van der Waals surface area contributed by atoms with Gasteiger partial charge < -0.3 is 10.3 Å². The summed E-state index contributed by atoms with van der Waals surface area (Å²) in [5.74, 6) is -1.83. The molecule has 1 aliphatic rings. The molecule has 0 heterocycles. The highest BCUT2D eigenvalue weighted by Gasteiger charge is 2.41. The van der Waals surface area contributed by atoms with Crippen molar-refractivity contribution < 1.29 is 19.5 Å². The predicted molar refractivity (Wildman–Crippen MR) is 108 cm³/mol. The Kier molecular flexibility index (Phi) is 4.88. The van der Waals surface area contributed by atoms with Crippen LogP contribution in [0.15, 0.2) is 47.6 Å². The molecule has 2 aromatic rings. The Labute approximate surface area is 164 Å². The minimum absolute atomic E-state index is 0.0118. The van der Waals surface area contributed by atoms with Gasteiger partial charge in [0.1, 0.15) is 11.5 Å². The summed E-state index contributed by atoms with van der Waals surface area (Å²) < 4.78 is 14.1. The first kappa shape index (κ1) is 19.8. The van der Waals surface area contributed by atoms with Crippen LogP contribution in [0, 0.1) is 5.82 Å². The maximum absolute atomic E-state index is 14.1. The number of oxime groups is 1. The van der Waals surface area contributed by atoms with E-state index < -0.39 is 11.8 Å². The molecule has 146 valence electrons. The van der Waals surface area contributed by atoms with Gasteiger partial charge in [0.15, 0.2) is 0 Å². The highest BCUT2D eigenvalue weighted by molar-refractivity contribution is 6.10. The summed E-state index contributed by atoms with van der Waals surface area (Å²) in [5, 5.41) is 21.8. The first-order chi connectivity index (χ1) is 13.0. The number of halogens is 1. The maximum Gasteiger partial charge on any atom is 0.335 e. The van der Waals surface area contributed by atoms with Gasteiger partial charge in [0.2, 0.25) is 0 Å². The lowest BCUT2D eigenvalue weighted by Gasteiger charge is -2.22. The van der Waals surface area contributed by atoms with Crippen LogP contribution in [0.5, 0.6) is 0 Å². The Morgan fingerprint density at radius 2 is 1.68 bits per heavy atom. The van der Waals surface area contributed by atoms with Crippen molar-refractivity contribution in [2.24, 2.45) is 5.16 Å². The number of aromatic carboxylic acids is 1. The van der Waals surface area contributed by atoms with Gasteiger partial charge in [0, 0.05) is 11.1 Å². The average molecular weight is 381 g/mol. The fourth-order valence-corrected chi connectivity index (χ4v) is 4.30. The van der Waals surface area contributed by atoms with E-state index in [1.807, 2.05) is 12.1 Å². The molecule has 0 amide bonds. The van der Waals surface area contributed by atoms with Gasteiger partial charge in [0.25, 0.3) is 0 Å². The Bertz CT molecular complexity index is 1000. The molecule has 28 heavy (non-hydrogen) atoms. The van der Waals surface area contributed by atoms with Crippen LogP contribution in [0.4, 0.5) is 4.39 Å². The third-order valence-corrected chi connectivity index (χ3v) is 5.43. The van der Waals surface area contributed by atoms with E-state index in [0.29, 0.717) is 5.71 Å². The number of carboxylic acid groups (broad SMARTS) is 1. The first-order valence-electron chi connectivity index (χ1n) is 9.13. The minimum Gasteiger partial charge on any atom is -0.478 e. The van der Waals surface area contributed by atoms with Crippen LogP contribution in [-0.4, -0.2) is 22.0 Å². The van der Waals surface area contributed by atoms with E-state index in [-0.39, 0.29) is 22.0 Å². The molecule has 0 aromatic heterocycles. The third-order valence-electron chi connectivity index (χ3n) is 5.43. The van der Waals surface area contributed by atoms with Gasteiger partial charge in [-0.25, -0.2) is 9.18 Å². The number of carboxylic acids is 1. The highest BCUT2D eigenvalue weighted by Crippen LogP contribution is 2.49. The highest BCUT2D eigenvalue weighted by atomic mass is 19.1. The maximum atomic E-state index is 14.1. The Balaban J connectivity index is 1.94. The van der Waals surface area contributed by atoms with Crippen molar-refractivity contribution in [3.63, 3.8) is 0 Å². The molecule has 0 aliphatic heterocycles. The molecule has 0 atom stereocenters. The van der Waals surface area contributed by atoms with E-state index in [0.717, 1.165) is 18.1 Å². The topological polar surface area (TPSA) is 69.9 Å². The molecule has 0 saturated carbocycles. The van der Waals surface area contributed by atoms with Crippen LogP contribution in [0.25, 0.3) is 6.08 Å². The number of carbonyl (C=O) groups is 1. The summed E-state index contributed by atoms with van der Waals surface area (Å²) in [6, 6.07) is 9.70.